The summed E-state index contributed by atoms with van der Waals surface area (Å²) < 4.78 is 5.81. The van der Waals surface area contributed by atoms with Gasteiger partial charge in [-0.1, -0.05) is 12.1 Å². The highest BCUT2D eigenvalue weighted by Crippen LogP contribution is 2.53. The van der Waals surface area contributed by atoms with Gasteiger partial charge in [-0.2, -0.15) is 0 Å². The number of nitrogens with zero attached hydrogens (tertiary/aromatic N) is 1. The lowest BCUT2D eigenvalue weighted by Gasteiger charge is -2.46. The fourth-order valence-corrected chi connectivity index (χ4v) is 6.86. The van der Waals surface area contributed by atoms with E-state index in [1.807, 2.05) is 18.2 Å². The van der Waals surface area contributed by atoms with Crippen LogP contribution in [-0.4, -0.2) is 70.5 Å². The molecule has 6 N–H and O–H groups in total. The Balaban J connectivity index is 1.67. The van der Waals surface area contributed by atoms with Gasteiger partial charge < -0.3 is 31.1 Å². The number of methoxy groups -OCH3 is 1. The first-order valence-electron chi connectivity index (χ1n) is 13.7. The molecule has 218 valence electrons. The summed E-state index contributed by atoms with van der Waals surface area (Å²) in [5.41, 5.74) is 6.27. The van der Waals surface area contributed by atoms with Gasteiger partial charge >= 0.3 is 0 Å². The molecule has 3 unspecified atom stereocenters. The van der Waals surface area contributed by atoms with Crippen molar-refractivity contribution in [1.82, 2.24) is 10.2 Å². The number of ketones is 2. The second-order valence-corrected chi connectivity index (χ2v) is 12.5. The lowest BCUT2D eigenvalue weighted by atomic mass is 9.60. The topological polar surface area (TPSA) is 162 Å². The van der Waals surface area contributed by atoms with E-state index in [-0.39, 0.29) is 35.3 Å². The van der Waals surface area contributed by atoms with Gasteiger partial charge in [0.05, 0.1) is 24.6 Å². The van der Waals surface area contributed by atoms with Crippen LogP contribution in [0.1, 0.15) is 48.7 Å². The molecule has 3 aliphatic carbocycles. The number of phenolic OH excluding ortho intramolecular Hbond substituents is 1. The van der Waals surface area contributed by atoms with E-state index >= 15 is 0 Å². The molecule has 0 saturated carbocycles. The van der Waals surface area contributed by atoms with Crippen LogP contribution in [0.4, 0.5) is 0 Å². The van der Waals surface area contributed by atoms with Crippen LogP contribution in [-0.2, 0) is 22.6 Å². The molecule has 0 heterocycles. The largest absolute Gasteiger partial charge is 0.511 e. The number of likely N-dealkylation sites (N-methyl/N-ethyl adjacent to an activating group) is 1. The summed E-state index contributed by atoms with van der Waals surface area (Å²) >= 11 is 0. The van der Waals surface area contributed by atoms with Gasteiger partial charge in [-0.25, -0.2) is 0 Å². The second kappa shape index (κ2) is 9.88. The monoisotopic (exact) mass is 563 g/mol. The van der Waals surface area contributed by atoms with Crippen molar-refractivity contribution in [2.75, 3.05) is 21.2 Å². The Hall–Kier alpha value is -3.89. The van der Waals surface area contributed by atoms with E-state index in [9.17, 15) is 29.7 Å². The Morgan fingerprint density at radius 3 is 2.39 bits per heavy atom. The molecule has 0 aliphatic heterocycles. The summed E-state index contributed by atoms with van der Waals surface area (Å²) in [6.45, 7) is 6.70. The van der Waals surface area contributed by atoms with Crippen molar-refractivity contribution in [3.05, 3.63) is 57.6 Å². The standard InChI is InChI=1S/C31H37N3O7/c1-31(2,3)33-12-13-7-8-15-16(9-13)24(35)21-18(29(15)41-6)11-14-10-17-20(25(36)19(14)26(21)37)27(38)22(30(32)40)28(39)23(17)34(4)5/h7-9,14,17,20,23,33,35-36,39H,10-12H2,1-6H3,(H2,32,40)/t14?,17?,20?,23-/m0/s1. The molecule has 10 heteroatoms. The molecular formula is C31H37N3O7. The zero-order valence-electron chi connectivity index (χ0n) is 24.2. The molecule has 1 amide bonds. The number of aliphatic hydroxyl groups is 2. The third-order valence-corrected chi connectivity index (χ3v) is 8.58. The lowest BCUT2D eigenvalue weighted by molar-refractivity contribution is -0.127. The SMILES string of the molecule is COc1c2c(c(O)c3cc(CNC(C)(C)C)ccc13)C(=O)C1=C(O)C3C(=O)C(C(N)=O)=C(O)[C@@H](N(C)C)C3CC1C2. The number of ether oxygens (including phenoxy) is 1. The zero-order chi connectivity index (χ0) is 30.1. The second-order valence-electron chi connectivity index (χ2n) is 12.5. The number of rotatable bonds is 5. The summed E-state index contributed by atoms with van der Waals surface area (Å²) in [4.78, 5) is 41.3. The number of aromatic hydroxyl groups is 1. The van der Waals surface area contributed by atoms with Gasteiger partial charge in [0, 0.05) is 34.0 Å². The highest BCUT2D eigenvalue weighted by atomic mass is 16.5. The number of phenols is 1. The molecule has 3 aliphatic rings. The predicted molar refractivity (Wildman–Crippen MR) is 153 cm³/mol. The minimum atomic E-state index is -1.22. The molecule has 41 heavy (non-hydrogen) atoms. The van der Waals surface area contributed by atoms with Crippen molar-refractivity contribution in [1.29, 1.82) is 0 Å². The third-order valence-electron chi connectivity index (χ3n) is 8.58. The molecule has 0 bridgehead atoms. The molecule has 2 aromatic rings. The number of hydrogen-bond acceptors (Lipinski definition) is 9. The molecule has 0 aromatic heterocycles. The Morgan fingerprint density at radius 1 is 1.12 bits per heavy atom. The van der Waals surface area contributed by atoms with E-state index in [1.54, 1.807) is 19.0 Å². The highest BCUT2D eigenvalue weighted by Gasteiger charge is 2.54. The molecule has 0 spiro atoms. The van der Waals surface area contributed by atoms with Crippen molar-refractivity contribution in [3.63, 3.8) is 0 Å². The van der Waals surface area contributed by atoms with Crippen molar-refractivity contribution < 1.29 is 34.4 Å². The number of nitrogens with one attached hydrogen (secondary N) is 1. The number of benzene rings is 2. The molecule has 10 nitrogen and oxygen atoms in total. The number of hydrogen-bond donors (Lipinski definition) is 5. The highest BCUT2D eigenvalue weighted by molar-refractivity contribution is 6.22. The van der Waals surface area contributed by atoms with Crippen LogP contribution in [0.25, 0.3) is 10.8 Å². The lowest BCUT2D eigenvalue weighted by Crippen LogP contribution is -2.53. The summed E-state index contributed by atoms with van der Waals surface area (Å²) in [6.07, 6.45) is 0.546. The number of carbonyl (C=O) groups is 3. The molecule has 0 fully saturated rings. The number of aliphatic hydroxyl groups excluding tert-OH is 2. The normalized spacial score (nSPS) is 24.5. The molecule has 5 rings (SSSR count). The minimum Gasteiger partial charge on any atom is -0.511 e. The van der Waals surface area contributed by atoms with Gasteiger partial charge in [-0.3, -0.25) is 19.3 Å². The summed E-state index contributed by atoms with van der Waals surface area (Å²) in [5.74, 6) is -5.43. The fraction of sp³-hybridized carbons (Fsp3) is 0.452. The summed E-state index contributed by atoms with van der Waals surface area (Å²) in [6, 6.07) is 4.86. The maximum atomic E-state index is 14.1. The molecule has 2 aromatic carbocycles. The Bertz CT molecular complexity index is 1560. The smallest absolute Gasteiger partial charge is 0.255 e. The molecule has 4 atom stereocenters. The maximum absolute atomic E-state index is 14.1. The average Bonchev–Trinajstić information content (AvgIpc) is 2.86. The fourth-order valence-electron chi connectivity index (χ4n) is 6.86. The van der Waals surface area contributed by atoms with E-state index in [2.05, 4.69) is 26.1 Å². The van der Waals surface area contributed by atoms with Crippen molar-refractivity contribution in [2.24, 2.45) is 23.5 Å². The summed E-state index contributed by atoms with van der Waals surface area (Å²) in [5, 5.41) is 38.4. The van der Waals surface area contributed by atoms with Gasteiger partial charge in [-0.15, -0.1) is 0 Å². The Labute approximate surface area is 238 Å². The molecular weight excluding hydrogens is 526 g/mol. The van der Waals surface area contributed by atoms with Gasteiger partial charge in [0.25, 0.3) is 5.91 Å². The van der Waals surface area contributed by atoms with Crippen molar-refractivity contribution in [2.45, 2.75) is 51.7 Å². The van der Waals surface area contributed by atoms with Gasteiger partial charge in [0.2, 0.25) is 0 Å². The first-order valence-corrected chi connectivity index (χ1v) is 13.7. The van der Waals surface area contributed by atoms with E-state index in [1.165, 1.54) is 7.11 Å². The number of primary amides is 1. The van der Waals surface area contributed by atoms with Gasteiger partial charge in [0.1, 0.15) is 28.6 Å². The number of nitrogens with two attached hydrogens (primary N) is 1. The molecule has 0 radical (unpaired) electrons. The number of allylic oxidation sites excluding steroid dienone is 2. The van der Waals surface area contributed by atoms with Crippen LogP contribution < -0.4 is 15.8 Å². The first-order chi connectivity index (χ1) is 19.2. The average molecular weight is 564 g/mol. The van der Waals surface area contributed by atoms with Crippen molar-refractivity contribution >= 4 is 28.2 Å². The predicted octanol–water partition coefficient (Wildman–Crippen LogP) is 3.06. The number of fused-ring (bicyclic) bond motifs is 4. The molecule has 0 saturated heterocycles. The quantitative estimate of drug-likeness (QED) is 0.344. The van der Waals surface area contributed by atoms with Crippen LogP contribution in [0.15, 0.2) is 40.9 Å². The van der Waals surface area contributed by atoms with Gasteiger partial charge in [-0.05, 0) is 71.2 Å². The third kappa shape index (κ3) is 4.46. The van der Waals surface area contributed by atoms with Crippen LogP contribution in [0.3, 0.4) is 0 Å². The van der Waals surface area contributed by atoms with E-state index in [0.717, 1.165) is 5.56 Å². The number of carbonyl (C=O) groups excluding carboxylic acids is 3. The minimum absolute atomic E-state index is 0.0347. The van der Waals surface area contributed by atoms with Crippen LogP contribution in [0.2, 0.25) is 0 Å². The van der Waals surface area contributed by atoms with Crippen LogP contribution >= 0.6 is 0 Å². The van der Waals surface area contributed by atoms with Crippen molar-refractivity contribution in [3.8, 4) is 11.5 Å². The van der Waals surface area contributed by atoms with Crippen LogP contribution in [0, 0.1) is 17.8 Å². The first kappa shape index (κ1) is 28.6. The Morgan fingerprint density at radius 2 is 1.80 bits per heavy atom. The van der Waals surface area contributed by atoms with E-state index in [4.69, 9.17) is 10.5 Å². The number of amides is 1. The van der Waals surface area contributed by atoms with E-state index < -0.39 is 58.4 Å². The van der Waals surface area contributed by atoms with Gasteiger partial charge in [0.15, 0.2) is 11.6 Å². The zero-order valence-corrected chi connectivity index (χ0v) is 24.2. The number of Topliss-reactive ketones (excluding diaryl/α,β-unsaturated/α-hetero) is 2. The maximum Gasteiger partial charge on any atom is 0.255 e. The Kier molecular flexibility index (Phi) is 6.90. The summed E-state index contributed by atoms with van der Waals surface area (Å²) in [7, 11) is 4.91. The van der Waals surface area contributed by atoms with Crippen LogP contribution in [0.5, 0.6) is 11.5 Å². The van der Waals surface area contributed by atoms with E-state index in [0.29, 0.717) is 28.6 Å².